The van der Waals surface area contributed by atoms with Crippen molar-refractivity contribution in [3.8, 4) is 5.69 Å². The molecule has 0 fully saturated rings. The fourth-order valence-corrected chi connectivity index (χ4v) is 4.15. The van der Waals surface area contributed by atoms with Crippen molar-refractivity contribution < 1.29 is 9.53 Å². The van der Waals surface area contributed by atoms with E-state index >= 15 is 0 Å². The summed E-state index contributed by atoms with van der Waals surface area (Å²) in [6, 6.07) is 10.1. The Balaban J connectivity index is 1.75. The van der Waals surface area contributed by atoms with E-state index in [1.54, 1.807) is 11.8 Å². The maximum atomic E-state index is 12.9. The molecule has 2 heterocycles. The third-order valence-electron chi connectivity index (χ3n) is 4.69. The second kappa shape index (κ2) is 8.70. The predicted octanol–water partition coefficient (Wildman–Crippen LogP) is 3.57. The number of aromatic nitrogens is 5. The van der Waals surface area contributed by atoms with E-state index in [4.69, 9.17) is 4.74 Å². The summed E-state index contributed by atoms with van der Waals surface area (Å²) in [5.74, 6) is 0.335. The molecule has 0 spiro atoms. The molecule has 3 rings (SSSR count). The zero-order valence-electron chi connectivity index (χ0n) is 16.8. The lowest BCUT2D eigenvalue weighted by Crippen LogP contribution is -2.14. The van der Waals surface area contributed by atoms with Crippen LogP contribution in [0.3, 0.4) is 0 Å². The molecule has 1 atom stereocenters. The molecule has 3 aromatic rings. The fourth-order valence-electron chi connectivity index (χ4n) is 3.38. The van der Waals surface area contributed by atoms with Crippen LogP contribution >= 0.6 is 11.8 Å². The summed E-state index contributed by atoms with van der Waals surface area (Å²) < 4.78 is 9.07. The normalized spacial score (nSPS) is 12.3. The summed E-state index contributed by atoms with van der Waals surface area (Å²) in [5.41, 5.74) is 4.80. The van der Waals surface area contributed by atoms with Crippen LogP contribution in [0.25, 0.3) is 5.69 Å². The fraction of sp³-hybridized carbons (Fsp3) is 0.400. The Morgan fingerprint density at radius 1 is 1.21 bits per heavy atom. The van der Waals surface area contributed by atoms with Gasteiger partial charge in [0.15, 0.2) is 5.78 Å². The van der Waals surface area contributed by atoms with Gasteiger partial charge in [0.05, 0.1) is 24.1 Å². The first-order chi connectivity index (χ1) is 13.4. The van der Waals surface area contributed by atoms with Gasteiger partial charge in [0.1, 0.15) is 0 Å². The molecule has 0 saturated carbocycles. The Morgan fingerprint density at radius 3 is 2.61 bits per heavy atom. The molecule has 28 heavy (non-hydrogen) atoms. The number of methoxy groups -OCH3 is 1. The van der Waals surface area contributed by atoms with Crippen LogP contribution in [0.4, 0.5) is 0 Å². The maximum absolute atomic E-state index is 12.9. The van der Waals surface area contributed by atoms with Crippen LogP contribution in [0.1, 0.15) is 40.3 Å². The van der Waals surface area contributed by atoms with Gasteiger partial charge in [-0.3, -0.25) is 4.79 Å². The van der Waals surface area contributed by atoms with Gasteiger partial charge in [-0.25, -0.2) is 0 Å². The number of aryl methyl sites for hydroxylation is 2. The van der Waals surface area contributed by atoms with Crippen molar-refractivity contribution in [2.24, 2.45) is 0 Å². The SMILES string of the molecule is COC[C@@H](C)n1c(C)cc(C(=O)CSc2nnnn2-c2ccc(C)cc2)c1C. The Hall–Kier alpha value is -2.45. The minimum Gasteiger partial charge on any atom is -0.383 e. The van der Waals surface area contributed by atoms with E-state index in [9.17, 15) is 4.79 Å². The van der Waals surface area contributed by atoms with Crippen LogP contribution in [-0.4, -0.2) is 50.0 Å². The average Bonchev–Trinajstić information content (AvgIpc) is 3.24. The number of ketones is 1. The monoisotopic (exact) mass is 399 g/mol. The molecule has 0 aliphatic rings. The Kier molecular flexibility index (Phi) is 6.31. The highest BCUT2D eigenvalue weighted by atomic mass is 32.2. The largest absolute Gasteiger partial charge is 0.383 e. The number of carbonyl (C=O) groups excluding carboxylic acids is 1. The van der Waals surface area contributed by atoms with Crippen molar-refractivity contribution in [1.29, 1.82) is 0 Å². The molecule has 0 unspecified atom stereocenters. The first-order valence-electron chi connectivity index (χ1n) is 9.11. The van der Waals surface area contributed by atoms with E-state index < -0.39 is 0 Å². The molecule has 148 valence electrons. The van der Waals surface area contributed by atoms with Gasteiger partial charge in [-0.2, -0.15) is 4.68 Å². The van der Waals surface area contributed by atoms with E-state index in [0.717, 1.165) is 22.6 Å². The van der Waals surface area contributed by atoms with E-state index in [-0.39, 0.29) is 17.6 Å². The van der Waals surface area contributed by atoms with Crippen molar-refractivity contribution in [2.75, 3.05) is 19.5 Å². The number of rotatable bonds is 8. The lowest BCUT2D eigenvalue weighted by Gasteiger charge is -2.17. The van der Waals surface area contributed by atoms with Crippen molar-refractivity contribution in [3.63, 3.8) is 0 Å². The van der Waals surface area contributed by atoms with Gasteiger partial charge >= 0.3 is 0 Å². The lowest BCUT2D eigenvalue weighted by molar-refractivity contribution is 0.102. The van der Waals surface area contributed by atoms with E-state index in [1.165, 1.54) is 17.3 Å². The molecule has 0 aliphatic heterocycles. The molecule has 0 bridgehead atoms. The molecule has 0 aliphatic carbocycles. The van der Waals surface area contributed by atoms with Gasteiger partial charge in [0.2, 0.25) is 5.16 Å². The lowest BCUT2D eigenvalue weighted by atomic mass is 10.2. The Morgan fingerprint density at radius 2 is 1.93 bits per heavy atom. The summed E-state index contributed by atoms with van der Waals surface area (Å²) in [4.78, 5) is 12.9. The number of thioether (sulfide) groups is 1. The van der Waals surface area contributed by atoms with Gasteiger partial charge in [-0.15, -0.1) is 5.10 Å². The quantitative estimate of drug-likeness (QED) is 0.426. The van der Waals surface area contributed by atoms with Gasteiger partial charge in [-0.05, 0) is 56.3 Å². The Labute approximate surface area is 169 Å². The predicted molar refractivity (Wildman–Crippen MR) is 109 cm³/mol. The maximum Gasteiger partial charge on any atom is 0.214 e. The highest BCUT2D eigenvalue weighted by molar-refractivity contribution is 7.99. The van der Waals surface area contributed by atoms with Crippen molar-refractivity contribution >= 4 is 17.5 Å². The molecular weight excluding hydrogens is 374 g/mol. The topological polar surface area (TPSA) is 74.8 Å². The van der Waals surface area contributed by atoms with E-state index in [0.29, 0.717) is 11.8 Å². The molecule has 0 saturated heterocycles. The van der Waals surface area contributed by atoms with Crippen molar-refractivity contribution in [3.05, 3.63) is 52.8 Å². The first kappa shape index (κ1) is 20.3. The van der Waals surface area contributed by atoms with Crippen LogP contribution in [0.15, 0.2) is 35.5 Å². The minimum atomic E-state index is 0.0624. The van der Waals surface area contributed by atoms with Gasteiger partial charge in [0, 0.05) is 24.1 Å². The zero-order valence-corrected chi connectivity index (χ0v) is 17.7. The molecule has 0 N–H and O–H groups in total. The summed E-state index contributed by atoms with van der Waals surface area (Å²) >= 11 is 1.34. The number of Topliss-reactive ketones (excluding diaryl/α,β-unsaturated/α-hetero) is 1. The second-order valence-corrected chi connectivity index (χ2v) is 7.82. The molecule has 1 aromatic carbocycles. The molecule has 8 heteroatoms. The number of hydrogen-bond acceptors (Lipinski definition) is 6. The molecular formula is C20H25N5O2S. The number of hydrogen-bond donors (Lipinski definition) is 0. The number of nitrogens with zero attached hydrogens (tertiary/aromatic N) is 5. The molecule has 2 aromatic heterocycles. The third-order valence-corrected chi connectivity index (χ3v) is 5.60. The number of tetrazole rings is 1. The highest BCUT2D eigenvalue weighted by Gasteiger charge is 2.20. The summed E-state index contributed by atoms with van der Waals surface area (Å²) in [6.07, 6.45) is 0. The van der Waals surface area contributed by atoms with Gasteiger partial charge < -0.3 is 9.30 Å². The Bertz CT molecular complexity index is 962. The van der Waals surface area contributed by atoms with Crippen LogP contribution < -0.4 is 0 Å². The summed E-state index contributed by atoms with van der Waals surface area (Å²) in [5, 5.41) is 12.5. The van der Waals surface area contributed by atoms with Crippen molar-refractivity contribution in [1.82, 2.24) is 24.8 Å². The molecule has 0 radical (unpaired) electrons. The first-order valence-corrected chi connectivity index (χ1v) is 10.1. The van der Waals surface area contributed by atoms with Gasteiger partial charge in [-0.1, -0.05) is 29.5 Å². The average molecular weight is 400 g/mol. The smallest absolute Gasteiger partial charge is 0.214 e. The van der Waals surface area contributed by atoms with Crippen LogP contribution in [0.5, 0.6) is 0 Å². The van der Waals surface area contributed by atoms with Crippen LogP contribution in [0, 0.1) is 20.8 Å². The second-order valence-electron chi connectivity index (χ2n) is 6.88. The minimum absolute atomic E-state index is 0.0624. The van der Waals surface area contributed by atoms with Crippen molar-refractivity contribution in [2.45, 2.75) is 38.9 Å². The van der Waals surface area contributed by atoms with E-state index in [2.05, 4.69) is 27.0 Å². The van der Waals surface area contributed by atoms with Gasteiger partial charge in [0.25, 0.3) is 0 Å². The van der Waals surface area contributed by atoms with E-state index in [1.807, 2.05) is 51.1 Å². The van der Waals surface area contributed by atoms with Crippen LogP contribution in [-0.2, 0) is 4.74 Å². The third kappa shape index (κ3) is 4.18. The van der Waals surface area contributed by atoms with Crippen LogP contribution in [0.2, 0.25) is 0 Å². The number of carbonyl (C=O) groups is 1. The number of benzene rings is 1. The zero-order chi connectivity index (χ0) is 20.3. The summed E-state index contributed by atoms with van der Waals surface area (Å²) in [7, 11) is 1.69. The highest BCUT2D eigenvalue weighted by Crippen LogP contribution is 2.24. The molecule has 0 amide bonds. The standard InChI is InChI=1S/C20H25N5O2S/c1-13-6-8-17(9-7-13)25-20(21-22-23-25)28-12-19(26)18-10-14(2)24(16(18)4)15(3)11-27-5/h6-10,15H,11-12H2,1-5H3/t15-/m1/s1. The molecule has 7 nitrogen and oxygen atoms in total. The number of ether oxygens (including phenoxy) is 1. The summed E-state index contributed by atoms with van der Waals surface area (Å²) in [6.45, 7) is 8.71.